The molecule has 2 aromatic rings. The van der Waals surface area contributed by atoms with E-state index in [0.717, 1.165) is 28.7 Å². The largest absolute Gasteiger partial charge is 0.310 e. The molecule has 19 heavy (non-hydrogen) atoms. The molecule has 0 aliphatic carbocycles. The van der Waals surface area contributed by atoms with Crippen molar-refractivity contribution in [1.82, 2.24) is 25.1 Å². The molecule has 0 aliphatic heterocycles. The average molecular weight is 280 g/mol. The second-order valence-corrected chi connectivity index (χ2v) is 4.71. The van der Waals surface area contributed by atoms with Crippen LogP contribution in [0.2, 0.25) is 5.02 Å². The van der Waals surface area contributed by atoms with Crippen molar-refractivity contribution in [2.75, 3.05) is 7.05 Å². The number of rotatable bonds is 5. The lowest BCUT2D eigenvalue weighted by atomic mass is 10.1. The van der Waals surface area contributed by atoms with Gasteiger partial charge in [-0.05, 0) is 19.5 Å². The molecule has 2 aromatic heterocycles. The minimum absolute atomic E-state index is 0.0267. The van der Waals surface area contributed by atoms with Crippen LogP contribution in [0.15, 0.2) is 18.5 Å². The predicted molar refractivity (Wildman–Crippen MR) is 75.1 cm³/mol. The van der Waals surface area contributed by atoms with Crippen LogP contribution >= 0.6 is 11.6 Å². The second kappa shape index (κ2) is 6.12. The van der Waals surface area contributed by atoms with E-state index < -0.39 is 0 Å². The fourth-order valence-electron chi connectivity index (χ4n) is 2.05. The van der Waals surface area contributed by atoms with Crippen molar-refractivity contribution in [1.29, 1.82) is 0 Å². The summed E-state index contributed by atoms with van der Waals surface area (Å²) in [6, 6.07) is 1.83. The molecule has 2 heterocycles. The summed E-state index contributed by atoms with van der Waals surface area (Å²) < 4.78 is 1.84. The fourth-order valence-corrected chi connectivity index (χ4v) is 2.42. The smallest absolute Gasteiger partial charge is 0.145 e. The Bertz CT molecular complexity index is 537. The van der Waals surface area contributed by atoms with E-state index in [9.17, 15) is 0 Å². The highest BCUT2D eigenvalue weighted by atomic mass is 35.5. The molecule has 0 fully saturated rings. The van der Waals surface area contributed by atoms with Crippen molar-refractivity contribution in [2.45, 2.75) is 25.8 Å². The van der Waals surface area contributed by atoms with Gasteiger partial charge in [0.05, 0.1) is 22.5 Å². The molecule has 0 saturated carbocycles. The summed E-state index contributed by atoms with van der Waals surface area (Å²) in [5.41, 5.74) is 1.94. The summed E-state index contributed by atoms with van der Waals surface area (Å²) in [6.07, 6.45) is 5.03. The molecule has 1 unspecified atom stereocenters. The first kappa shape index (κ1) is 14.0. The van der Waals surface area contributed by atoms with Gasteiger partial charge in [-0.25, -0.2) is 9.97 Å². The zero-order chi connectivity index (χ0) is 13.8. The quantitative estimate of drug-likeness (QED) is 0.909. The van der Waals surface area contributed by atoms with Crippen LogP contribution in [-0.2, 0) is 19.9 Å². The maximum Gasteiger partial charge on any atom is 0.145 e. The van der Waals surface area contributed by atoms with Crippen LogP contribution in [0.25, 0.3) is 0 Å². The van der Waals surface area contributed by atoms with Crippen LogP contribution in [0.3, 0.4) is 0 Å². The number of nitrogens with zero attached hydrogens (tertiary/aromatic N) is 4. The Morgan fingerprint density at radius 3 is 2.58 bits per heavy atom. The maximum absolute atomic E-state index is 6.37. The molecule has 0 aliphatic rings. The minimum Gasteiger partial charge on any atom is -0.310 e. The fraction of sp³-hybridized carbons (Fsp3) is 0.462. The van der Waals surface area contributed by atoms with E-state index in [4.69, 9.17) is 11.6 Å². The summed E-state index contributed by atoms with van der Waals surface area (Å²) in [4.78, 5) is 8.57. The predicted octanol–water partition coefficient (Wildman–Crippen LogP) is 1.93. The third-order valence-corrected chi connectivity index (χ3v) is 3.58. The van der Waals surface area contributed by atoms with Crippen molar-refractivity contribution in [3.05, 3.63) is 40.7 Å². The molecule has 0 saturated heterocycles. The van der Waals surface area contributed by atoms with E-state index >= 15 is 0 Å². The van der Waals surface area contributed by atoms with Gasteiger partial charge in [0.1, 0.15) is 5.82 Å². The summed E-state index contributed by atoms with van der Waals surface area (Å²) in [7, 11) is 3.81. The molecule has 0 bridgehead atoms. The topological polar surface area (TPSA) is 55.6 Å². The average Bonchev–Trinajstić information content (AvgIpc) is 2.72. The third kappa shape index (κ3) is 2.93. The number of hydrogen-bond acceptors (Lipinski definition) is 4. The number of likely N-dealkylation sites (N-methyl/N-ethyl adjacent to an activating group) is 1. The van der Waals surface area contributed by atoms with Crippen molar-refractivity contribution < 1.29 is 0 Å². The Kier molecular flexibility index (Phi) is 4.50. The maximum atomic E-state index is 6.37. The second-order valence-electron chi connectivity index (χ2n) is 4.34. The first-order valence-electron chi connectivity index (χ1n) is 6.31. The van der Waals surface area contributed by atoms with Gasteiger partial charge in [0.2, 0.25) is 0 Å². The monoisotopic (exact) mass is 279 g/mol. The Morgan fingerprint density at radius 1 is 1.37 bits per heavy atom. The Hall–Kier alpha value is -1.46. The van der Waals surface area contributed by atoms with Crippen LogP contribution in [0.1, 0.15) is 30.2 Å². The lowest BCUT2D eigenvalue weighted by molar-refractivity contribution is 0.534. The zero-order valence-electron chi connectivity index (χ0n) is 11.4. The van der Waals surface area contributed by atoms with Gasteiger partial charge in [-0.3, -0.25) is 4.68 Å². The molecule has 1 atom stereocenters. The summed E-state index contributed by atoms with van der Waals surface area (Å²) >= 11 is 6.37. The molecule has 1 N–H and O–H groups in total. The van der Waals surface area contributed by atoms with E-state index in [1.807, 2.05) is 31.8 Å². The van der Waals surface area contributed by atoms with Crippen molar-refractivity contribution in [2.24, 2.45) is 7.05 Å². The molecule has 0 spiro atoms. The minimum atomic E-state index is 0.0267. The van der Waals surface area contributed by atoms with Crippen LogP contribution in [0.5, 0.6) is 0 Å². The molecule has 0 aromatic carbocycles. The molecule has 2 rings (SSSR count). The highest BCUT2D eigenvalue weighted by Crippen LogP contribution is 2.25. The van der Waals surface area contributed by atoms with Gasteiger partial charge in [0.15, 0.2) is 0 Å². The number of nitrogens with one attached hydrogen (secondary N) is 1. The summed E-state index contributed by atoms with van der Waals surface area (Å²) in [5.74, 6) is 0.764. The van der Waals surface area contributed by atoms with Crippen LogP contribution in [-0.4, -0.2) is 26.8 Å². The standard InChI is InChI=1S/C13H18ClN5/c1-4-9-12(14)11(19(3)18-9)8-10(15-2)13-16-6-5-7-17-13/h5-7,10,15H,4,8H2,1-3H3. The van der Waals surface area contributed by atoms with Gasteiger partial charge in [0, 0.05) is 25.9 Å². The first-order chi connectivity index (χ1) is 9.17. The molecule has 6 heteroatoms. The molecular weight excluding hydrogens is 262 g/mol. The highest BCUT2D eigenvalue weighted by molar-refractivity contribution is 6.31. The van der Waals surface area contributed by atoms with Crippen molar-refractivity contribution >= 4 is 11.6 Å². The van der Waals surface area contributed by atoms with Gasteiger partial charge in [-0.2, -0.15) is 5.10 Å². The van der Waals surface area contributed by atoms with Gasteiger partial charge in [-0.15, -0.1) is 0 Å². The Labute approximate surface area is 118 Å². The lowest BCUT2D eigenvalue weighted by Gasteiger charge is -2.14. The van der Waals surface area contributed by atoms with E-state index in [1.54, 1.807) is 12.4 Å². The van der Waals surface area contributed by atoms with Gasteiger partial charge < -0.3 is 5.32 Å². The summed E-state index contributed by atoms with van der Waals surface area (Å²) in [6.45, 7) is 2.05. The lowest BCUT2D eigenvalue weighted by Crippen LogP contribution is -2.22. The van der Waals surface area contributed by atoms with E-state index in [1.165, 1.54) is 0 Å². The van der Waals surface area contributed by atoms with Crippen LogP contribution < -0.4 is 5.32 Å². The molecule has 0 radical (unpaired) electrons. The van der Waals surface area contributed by atoms with Crippen LogP contribution in [0, 0.1) is 0 Å². The zero-order valence-corrected chi connectivity index (χ0v) is 12.1. The molecule has 5 nitrogen and oxygen atoms in total. The highest BCUT2D eigenvalue weighted by Gasteiger charge is 2.19. The Balaban J connectivity index is 2.26. The number of aromatic nitrogens is 4. The SMILES string of the molecule is CCc1nn(C)c(CC(NC)c2ncccn2)c1Cl. The van der Waals surface area contributed by atoms with Crippen LogP contribution in [0.4, 0.5) is 0 Å². The molecule has 0 amide bonds. The summed E-state index contributed by atoms with van der Waals surface area (Å²) in [5, 5.41) is 8.40. The van der Waals surface area contributed by atoms with Gasteiger partial charge in [0.25, 0.3) is 0 Å². The molecular formula is C13H18ClN5. The Morgan fingerprint density at radius 2 is 2.05 bits per heavy atom. The first-order valence-corrected chi connectivity index (χ1v) is 6.69. The number of aryl methyl sites for hydroxylation is 2. The van der Waals surface area contributed by atoms with Gasteiger partial charge in [-0.1, -0.05) is 18.5 Å². The third-order valence-electron chi connectivity index (χ3n) is 3.15. The number of halogens is 1. The number of hydrogen-bond donors (Lipinski definition) is 1. The normalized spacial score (nSPS) is 12.6. The van der Waals surface area contributed by atoms with E-state index in [2.05, 4.69) is 20.4 Å². The van der Waals surface area contributed by atoms with Crippen molar-refractivity contribution in [3.8, 4) is 0 Å². The van der Waals surface area contributed by atoms with Crippen molar-refractivity contribution in [3.63, 3.8) is 0 Å². The molecule has 102 valence electrons. The van der Waals surface area contributed by atoms with E-state index in [-0.39, 0.29) is 6.04 Å². The van der Waals surface area contributed by atoms with Gasteiger partial charge >= 0.3 is 0 Å². The van der Waals surface area contributed by atoms with E-state index in [0.29, 0.717) is 6.42 Å².